The molecule has 1 aromatic heterocycles. The Labute approximate surface area is 131 Å². The molecule has 1 fully saturated rings. The van der Waals surface area contributed by atoms with Gasteiger partial charge in [0, 0.05) is 12.1 Å². The molecule has 1 saturated carbocycles. The quantitative estimate of drug-likeness (QED) is 0.879. The number of amides is 1. The standard InChI is InChI=1S/C15H25ClN4O/c1-4-20(3)15(8-6-5-7-9-15)10-17-14(21)13-12(16)11(2)18-19-13/h4-10H2,1-3H3,(H,17,21)(H,18,19). The molecule has 1 heterocycles. The van der Waals surface area contributed by atoms with E-state index in [4.69, 9.17) is 11.6 Å². The van der Waals surface area contributed by atoms with E-state index in [-0.39, 0.29) is 11.4 Å². The van der Waals surface area contributed by atoms with Gasteiger partial charge in [-0.1, -0.05) is 37.8 Å². The lowest BCUT2D eigenvalue weighted by Crippen LogP contribution is -2.55. The van der Waals surface area contributed by atoms with Gasteiger partial charge in [-0.2, -0.15) is 5.10 Å². The lowest BCUT2D eigenvalue weighted by Gasteiger charge is -2.44. The van der Waals surface area contributed by atoms with E-state index < -0.39 is 0 Å². The maximum atomic E-state index is 12.3. The predicted octanol–water partition coefficient (Wildman–Crippen LogP) is 2.76. The normalized spacial score (nSPS) is 18.0. The minimum absolute atomic E-state index is 0.0699. The third-order valence-electron chi connectivity index (χ3n) is 4.73. The zero-order chi connectivity index (χ0) is 15.5. The monoisotopic (exact) mass is 312 g/mol. The minimum atomic E-state index is -0.196. The van der Waals surface area contributed by atoms with Crippen molar-refractivity contribution in [3.05, 3.63) is 16.4 Å². The number of nitrogens with one attached hydrogen (secondary N) is 2. The summed E-state index contributed by atoms with van der Waals surface area (Å²) < 4.78 is 0. The van der Waals surface area contributed by atoms with Crippen molar-refractivity contribution in [2.75, 3.05) is 20.1 Å². The van der Waals surface area contributed by atoms with Gasteiger partial charge in [-0.25, -0.2) is 0 Å². The van der Waals surface area contributed by atoms with E-state index in [1.807, 2.05) is 0 Å². The summed E-state index contributed by atoms with van der Waals surface area (Å²) in [6, 6.07) is 0. The van der Waals surface area contributed by atoms with Gasteiger partial charge in [0.25, 0.3) is 5.91 Å². The summed E-state index contributed by atoms with van der Waals surface area (Å²) in [6.45, 7) is 5.60. The molecule has 118 valence electrons. The van der Waals surface area contributed by atoms with Gasteiger partial charge in [0.05, 0.1) is 10.7 Å². The molecule has 0 saturated heterocycles. The number of hydrogen-bond acceptors (Lipinski definition) is 3. The van der Waals surface area contributed by atoms with Crippen LogP contribution in [0.3, 0.4) is 0 Å². The Balaban J connectivity index is 2.05. The van der Waals surface area contributed by atoms with Crippen LogP contribution in [0, 0.1) is 6.92 Å². The number of rotatable bonds is 5. The van der Waals surface area contributed by atoms with E-state index in [0.29, 0.717) is 17.3 Å². The van der Waals surface area contributed by atoms with Gasteiger partial charge in [-0.3, -0.25) is 14.8 Å². The van der Waals surface area contributed by atoms with Crippen LogP contribution in [-0.4, -0.2) is 46.7 Å². The van der Waals surface area contributed by atoms with Crippen LogP contribution in [0.25, 0.3) is 0 Å². The number of likely N-dealkylation sites (N-methyl/N-ethyl adjacent to an activating group) is 1. The topological polar surface area (TPSA) is 61.0 Å². The van der Waals surface area contributed by atoms with E-state index in [1.165, 1.54) is 19.3 Å². The zero-order valence-electron chi connectivity index (χ0n) is 13.1. The summed E-state index contributed by atoms with van der Waals surface area (Å²) in [5.74, 6) is -0.196. The first-order chi connectivity index (χ1) is 10.00. The molecule has 5 nitrogen and oxygen atoms in total. The number of aromatic amines is 1. The summed E-state index contributed by atoms with van der Waals surface area (Å²) >= 11 is 6.08. The average Bonchev–Trinajstić information content (AvgIpc) is 2.85. The van der Waals surface area contributed by atoms with E-state index in [9.17, 15) is 4.79 Å². The lowest BCUT2D eigenvalue weighted by molar-refractivity contribution is 0.0697. The molecule has 1 aliphatic rings. The molecule has 2 N–H and O–H groups in total. The molecule has 0 bridgehead atoms. The highest BCUT2D eigenvalue weighted by molar-refractivity contribution is 6.34. The molecule has 2 rings (SSSR count). The van der Waals surface area contributed by atoms with Gasteiger partial charge in [-0.15, -0.1) is 0 Å². The highest BCUT2D eigenvalue weighted by atomic mass is 35.5. The van der Waals surface area contributed by atoms with Crippen LogP contribution in [0.2, 0.25) is 5.02 Å². The molecule has 0 radical (unpaired) electrons. The maximum Gasteiger partial charge on any atom is 0.273 e. The lowest BCUT2D eigenvalue weighted by atomic mass is 9.80. The van der Waals surface area contributed by atoms with E-state index in [2.05, 4.69) is 34.4 Å². The van der Waals surface area contributed by atoms with E-state index in [1.54, 1.807) is 6.92 Å². The Hall–Kier alpha value is -1.07. The number of hydrogen-bond donors (Lipinski definition) is 2. The molecule has 21 heavy (non-hydrogen) atoms. The van der Waals surface area contributed by atoms with Crippen LogP contribution in [0.4, 0.5) is 0 Å². The Morgan fingerprint density at radius 2 is 2.10 bits per heavy atom. The van der Waals surface area contributed by atoms with Crippen LogP contribution in [0.15, 0.2) is 0 Å². The summed E-state index contributed by atoms with van der Waals surface area (Å²) in [5.41, 5.74) is 1.08. The van der Waals surface area contributed by atoms with Crippen molar-refractivity contribution in [3.8, 4) is 0 Å². The Bertz CT molecular complexity index is 494. The molecule has 0 atom stereocenters. The molecular formula is C15H25ClN4O. The molecular weight excluding hydrogens is 288 g/mol. The first kappa shape index (κ1) is 16.3. The van der Waals surface area contributed by atoms with Gasteiger partial charge in [0.1, 0.15) is 0 Å². The molecule has 0 unspecified atom stereocenters. The van der Waals surface area contributed by atoms with Gasteiger partial charge in [-0.05, 0) is 33.4 Å². The van der Waals surface area contributed by atoms with Gasteiger partial charge in [0.2, 0.25) is 0 Å². The smallest absolute Gasteiger partial charge is 0.273 e. The maximum absolute atomic E-state index is 12.3. The number of aryl methyl sites for hydroxylation is 1. The number of carbonyl (C=O) groups is 1. The van der Waals surface area contributed by atoms with Crippen LogP contribution in [0.5, 0.6) is 0 Å². The molecule has 1 amide bonds. The number of aromatic nitrogens is 2. The van der Waals surface area contributed by atoms with Gasteiger partial charge < -0.3 is 5.32 Å². The third kappa shape index (κ3) is 3.40. The first-order valence-electron chi connectivity index (χ1n) is 7.70. The number of carbonyl (C=O) groups excluding carboxylic acids is 1. The second-order valence-electron chi connectivity index (χ2n) is 5.99. The molecule has 0 aliphatic heterocycles. The Morgan fingerprint density at radius 3 is 2.62 bits per heavy atom. The predicted molar refractivity (Wildman–Crippen MR) is 84.8 cm³/mol. The largest absolute Gasteiger partial charge is 0.349 e. The summed E-state index contributed by atoms with van der Waals surface area (Å²) in [7, 11) is 2.14. The Morgan fingerprint density at radius 1 is 1.43 bits per heavy atom. The highest BCUT2D eigenvalue weighted by Gasteiger charge is 2.35. The van der Waals surface area contributed by atoms with Crippen LogP contribution in [0.1, 0.15) is 55.2 Å². The fourth-order valence-corrected chi connectivity index (χ4v) is 3.30. The Kier molecular flexibility index (Phi) is 5.27. The molecule has 0 aromatic carbocycles. The first-order valence-corrected chi connectivity index (χ1v) is 8.08. The van der Waals surface area contributed by atoms with Crippen molar-refractivity contribution in [3.63, 3.8) is 0 Å². The van der Waals surface area contributed by atoms with Crippen molar-refractivity contribution in [2.45, 2.75) is 51.5 Å². The summed E-state index contributed by atoms with van der Waals surface area (Å²) in [4.78, 5) is 14.6. The highest BCUT2D eigenvalue weighted by Crippen LogP contribution is 2.32. The number of nitrogens with zero attached hydrogens (tertiary/aromatic N) is 2. The zero-order valence-corrected chi connectivity index (χ0v) is 13.9. The van der Waals surface area contributed by atoms with Crippen molar-refractivity contribution >= 4 is 17.5 Å². The fraction of sp³-hybridized carbons (Fsp3) is 0.733. The van der Waals surface area contributed by atoms with Crippen molar-refractivity contribution in [1.82, 2.24) is 20.4 Å². The van der Waals surface area contributed by atoms with Crippen molar-refractivity contribution in [2.24, 2.45) is 0 Å². The number of H-pyrrole nitrogens is 1. The van der Waals surface area contributed by atoms with Crippen LogP contribution >= 0.6 is 11.6 Å². The van der Waals surface area contributed by atoms with Crippen molar-refractivity contribution in [1.29, 1.82) is 0 Å². The molecule has 6 heteroatoms. The average molecular weight is 313 g/mol. The number of halogens is 1. The van der Waals surface area contributed by atoms with Crippen molar-refractivity contribution < 1.29 is 4.79 Å². The summed E-state index contributed by atoms with van der Waals surface area (Å²) in [5, 5.41) is 10.2. The third-order valence-corrected chi connectivity index (χ3v) is 5.20. The SMILES string of the molecule is CCN(C)C1(CNC(=O)c2n[nH]c(C)c2Cl)CCCCC1. The second kappa shape index (κ2) is 6.79. The molecule has 1 aliphatic carbocycles. The second-order valence-corrected chi connectivity index (χ2v) is 6.37. The molecule has 0 spiro atoms. The van der Waals surface area contributed by atoms with Crippen LogP contribution < -0.4 is 5.32 Å². The van der Waals surface area contributed by atoms with E-state index in [0.717, 1.165) is 25.1 Å². The minimum Gasteiger partial charge on any atom is -0.349 e. The fourth-order valence-electron chi connectivity index (χ4n) is 3.13. The molecule has 1 aromatic rings. The van der Waals surface area contributed by atoms with Gasteiger partial charge >= 0.3 is 0 Å². The summed E-state index contributed by atoms with van der Waals surface area (Å²) in [6.07, 6.45) is 6.00. The van der Waals surface area contributed by atoms with E-state index >= 15 is 0 Å². The van der Waals surface area contributed by atoms with Gasteiger partial charge in [0.15, 0.2) is 5.69 Å². The van der Waals surface area contributed by atoms with Crippen LogP contribution in [-0.2, 0) is 0 Å².